The number of halogens is 1. The maximum Gasteiger partial charge on any atom is 0.253 e. The van der Waals surface area contributed by atoms with Crippen molar-refractivity contribution in [1.82, 2.24) is 3.90 Å². The number of rotatable bonds is 6. The van der Waals surface area contributed by atoms with Gasteiger partial charge in [0.05, 0.1) is 0 Å². The lowest BCUT2D eigenvalue weighted by Gasteiger charge is -2.43. The molecule has 0 aromatic heterocycles. The van der Waals surface area contributed by atoms with Crippen molar-refractivity contribution in [2.75, 3.05) is 19.7 Å². The fourth-order valence-electron chi connectivity index (χ4n) is 1.27. The largest absolute Gasteiger partial charge is 0.407 e. The highest BCUT2D eigenvalue weighted by atomic mass is 35.5. The molecule has 0 unspecified atom stereocenters. The average molecular weight is 270 g/mol. The quantitative estimate of drug-likeness (QED) is 0.542. The molecule has 0 aliphatic carbocycles. The van der Waals surface area contributed by atoms with Crippen LogP contribution in [0.5, 0.6) is 0 Å². The Labute approximate surface area is 97.0 Å². The molecular formula is C7H20ClNO2Si3. The molecule has 2 radical (unpaired) electrons. The molecule has 0 N–H and O–H groups in total. The van der Waals surface area contributed by atoms with Crippen LogP contribution < -0.4 is 0 Å². The first-order valence-electron chi connectivity index (χ1n) is 4.52. The summed E-state index contributed by atoms with van der Waals surface area (Å²) >= 11 is 5.83. The van der Waals surface area contributed by atoms with E-state index in [2.05, 4.69) is 30.1 Å². The smallest absolute Gasteiger partial charge is 0.253 e. The van der Waals surface area contributed by atoms with Crippen LogP contribution in [0.1, 0.15) is 0 Å². The second kappa shape index (κ2) is 5.78. The zero-order valence-corrected chi connectivity index (χ0v) is 13.6. The summed E-state index contributed by atoms with van der Waals surface area (Å²) in [6.45, 7) is 8.72. The van der Waals surface area contributed by atoms with Crippen molar-refractivity contribution < 1.29 is 8.85 Å². The maximum absolute atomic E-state index is 5.83. The van der Waals surface area contributed by atoms with Crippen LogP contribution in [-0.2, 0) is 8.85 Å². The third kappa shape index (κ3) is 3.76. The van der Waals surface area contributed by atoms with E-state index in [1.54, 1.807) is 14.2 Å². The van der Waals surface area contributed by atoms with E-state index in [0.717, 1.165) is 0 Å². The summed E-state index contributed by atoms with van der Waals surface area (Å²) in [5.74, 6) is 0. The van der Waals surface area contributed by atoms with Gasteiger partial charge in [-0.3, -0.25) is 0 Å². The molecule has 0 spiro atoms. The average Bonchev–Trinajstić information content (AvgIpc) is 2.13. The predicted octanol–water partition coefficient (Wildman–Crippen LogP) is 1.80. The van der Waals surface area contributed by atoms with Gasteiger partial charge in [-0.2, -0.15) is 0 Å². The first kappa shape index (κ1) is 14.8. The number of nitrogens with zero attached hydrogens (tertiary/aromatic N) is 1. The molecule has 84 valence electrons. The lowest BCUT2D eigenvalue weighted by Crippen LogP contribution is -2.65. The molecule has 0 saturated carbocycles. The first-order valence-corrected chi connectivity index (χ1v) is 11.9. The van der Waals surface area contributed by atoms with Gasteiger partial charge in [-0.1, -0.05) is 0 Å². The summed E-state index contributed by atoms with van der Waals surface area (Å²) in [6, 6.07) is 0. The molecule has 14 heavy (non-hydrogen) atoms. The fourth-order valence-corrected chi connectivity index (χ4v) is 12.5. The van der Waals surface area contributed by atoms with Gasteiger partial charge in [0.2, 0.25) is 0 Å². The molecule has 0 atom stereocenters. The Hall–Kier alpha value is 0.821. The summed E-state index contributed by atoms with van der Waals surface area (Å²) in [7, 11) is 0.574. The normalized spacial score (nSPS) is 13.7. The van der Waals surface area contributed by atoms with E-state index in [9.17, 15) is 0 Å². The number of hydrogen-bond donors (Lipinski definition) is 0. The second-order valence-corrected chi connectivity index (χ2v) is 14.6. The molecule has 0 aromatic carbocycles. The van der Waals surface area contributed by atoms with E-state index in [-0.39, 0.29) is 0 Å². The van der Waals surface area contributed by atoms with Crippen LogP contribution in [0.4, 0.5) is 0 Å². The highest BCUT2D eigenvalue weighted by Gasteiger charge is 2.42. The predicted molar refractivity (Wildman–Crippen MR) is 67.3 cm³/mol. The maximum atomic E-state index is 5.83. The molecule has 7 heteroatoms. The molecule has 0 heterocycles. The highest BCUT2D eigenvalue weighted by molar-refractivity contribution is 6.92. The molecule has 0 amide bonds. The van der Waals surface area contributed by atoms with Gasteiger partial charge >= 0.3 is 0 Å². The molecule has 0 bridgehead atoms. The van der Waals surface area contributed by atoms with Crippen LogP contribution in [-0.4, -0.2) is 50.3 Å². The standard InChI is InChI=1S/C7H20ClNO2Si3/c1-10-13(3,4)9(12-7-8)14(5,6)11-2/h7H2,1-6H3. The number of alkyl halides is 1. The summed E-state index contributed by atoms with van der Waals surface area (Å²) in [5.41, 5.74) is 0.652. The summed E-state index contributed by atoms with van der Waals surface area (Å²) < 4.78 is 13.6. The molecule has 0 aliphatic heterocycles. The minimum absolute atomic E-state index is 0.595. The van der Waals surface area contributed by atoms with E-state index < -0.39 is 17.0 Å². The van der Waals surface area contributed by atoms with Gasteiger partial charge in [0, 0.05) is 19.7 Å². The molecule has 0 fully saturated rings. The summed E-state index contributed by atoms with van der Waals surface area (Å²) in [4.78, 5) is 0. The molecule has 0 rings (SSSR count). The third-order valence-electron chi connectivity index (χ3n) is 2.29. The van der Waals surface area contributed by atoms with Crippen molar-refractivity contribution in [3.63, 3.8) is 0 Å². The van der Waals surface area contributed by atoms with Gasteiger partial charge in [-0.15, -0.1) is 11.6 Å². The lowest BCUT2D eigenvalue weighted by molar-refractivity contribution is 0.341. The van der Waals surface area contributed by atoms with Crippen LogP contribution >= 0.6 is 11.6 Å². The van der Waals surface area contributed by atoms with Crippen molar-refractivity contribution in [3.05, 3.63) is 0 Å². The summed E-state index contributed by atoms with van der Waals surface area (Å²) in [6.07, 6.45) is 0. The van der Waals surface area contributed by atoms with E-state index in [0.29, 0.717) is 15.2 Å². The van der Waals surface area contributed by atoms with Crippen molar-refractivity contribution in [2.24, 2.45) is 0 Å². The van der Waals surface area contributed by atoms with Gasteiger partial charge < -0.3 is 12.7 Å². The zero-order valence-electron chi connectivity index (χ0n) is 9.85. The molecule has 0 aliphatic rings. The van der Waals surface area contributed by atoms with E-state index in [1.165, 1.54) is 0 Å². The van der Waals surface area contributed by atoms with Gasteiger partial charge in [-0.25, -0.2) is 0 Å². The van der Waals surface area contributed by atoms with Gasteiger partial charge in [0.1, 0.15) is 9.68 Å². The Balaban J connectivity index is 4.75. The minimum Gasteiger partial charge on any atom is -0.407 e. The Kier molecular flexibility index (Phi) is 6.12. The lowest BCUT2D eigenvalue weighted by atomic mass is 11.8. The molecule has 3 nitrogen and oxygen atoms in total. The van der Waals surface area contributed by atoms with E-state index >= 15 is 0 Å². The van der Waals surface area contributed by atoms with Crippen molar-refractivity contribution in [3.8, 4) is 0 Å². The van der Waals surface area contributed by atoms with E-state index in [4.69, 9.17) is 20.5 Å². The van der Waals surface area contributed by atoms with Crippen LogP contribution in [0, 0.1) is 0 Å². The Morgan fingerprint density at radius 1 is 1.07 bits per heavy atom. The van der Waals surface area contributed by atoms with Crippen molar-refractivity contribution in [2.45, 2.75) is 26.2 Å². The van der Waals surface area contributed by atoms with Gasteiger partial charge in [0.15, 0.2) is 0 Å². The number of hydrogen-bond acceptors (Lipinski definition) is 3. The summed E-state index contributed by atoms with van der Waals surface area (Å²) in [5, 5.41) is 0. The molecular weight excluding hydrogens is 250 g/mol. The Morgan fingerprint density at radius 2 is 1.43 bits per heavy atom. The fraction of sp³-hybridized carbons (Fsp3) is 1.00. The topological polar surface area (TPSA) is 21.7 Å². The van der Waals surface area contributed by atoms with Gasteiger partial charge in [0.25, 0.3) is 17.0 Å². The van der Waals surface area contributed by atoms with E-state index in [1.807, 2.05) is 0 Å². The van der Waals surface area contributed by atoms with Crippen LogP contribution in [0.2, 0.25) is 26.2 Å². The molecule has 0 saturated heterocycles. The first-order chi connectivity index (χ1) is 6.31. The highest BCUT2D eigenvalue weighted by Crippen LogP contribution is 2.19. The van der Waals surface area contributed by atoms with Crippen LogP contribution in [0.25, 0.3) is 0 Å². The van der Waals surface area contributed by atoms with Crippen LogP contribution in [0.3, 0.4) is 0 Å². The van der Waals surface area contributed by atoms with Crippen molar-refractivity contribution in [1.29, 1.82) is 0 Å². The van der Waals surface area contributed by atoms with Gasteiger partial charge in [-0.05, 0) is 26.2 Å². The zero-order chi connectivity index (χ0) is 11.4. The third-order valence-corrected chi connectivity index (χ3v) is 14.7. The monoisotopic (exact) mass is 269 g/mol. The Bertz CT molecular complexity index is 164. The SMILES string of the molecule is CO[Si](C)(C)N([Si]CCl)[Si](C)(C)OC. The molecule has 0 aromatic rings. The second-order valence-electron chi connectivity index (χ2n) is 3.93. The minimum atomic E-state index is -1.79. The van der Waals surface area contributed by atoms with Crippen molar-refractivity contribution >= 4 is 38.2 Å². The van der Waals surface area contributed by atoms with Crippen LogP contribution in [0.15, 0.2) is 0 Å². The Morgan fingerprint density at radius 3 is 1.64 bits per heavy atom.